The van der Waals surface area contributed by atoms with Crippen LogP contribution in [0.5, 0.6) is 23.0 Å². The fourth-order valence-electron chi connectivity index (χ4n) is 8.63. The molecule has 0 amide bonds. The molecule has 1 aliphatic rings. The molecule has 0 radical (unpaired) electrons. The van der Waals surface area contributed by atoms with Gasteiger partial charge in [-0.25, -0.2) is 9.59 Å². The molecule has 6 nitrogen and oxygen atoms in total. The van der Waals surface area contributed by atoms with Crippen LogP contribution in [0, 0.1) is 0 Å². The molecule has 7 rings (SSSR count). The van der Waals surface area contributed by atoms with E-state index in [1.54, 1.807) is 12.2 Å². The van der Waals surface area contributed by atoms with Crippen LogP contribution in [0.3, 0.4) is 0 Å². The Labute approximate surface area is 404 Å². The molecule has 0 fully saturated rings. The first-order valence-electron chi connectivity index (χ1n) is 23.8. The quantitative estimate of drug-likeness (QED) is 0.0981. The van der Waals surface area contributed by atoms with E-state index in [9.17, 15) is 19.8 Å². The van der Waals surface area contributed by atoms with Gasteiger partial charge in [0.15, 0.2) is 0 Å². The Bertz CT molecular complexity index is 2710. The molecule has 68 heavy (non-hydrogen) atoms. The molecule has 8 bridgehead atoms. The van der Waals surface area contributed by atoms with Crippen LogP contribution in [0.4, 0.5) is 0 Å². The first-order chi connectivity index (χ1) is 31.8. The molecule has 0 heterocycles. The average Bonchev–Trinajstić information content (AvgIpc) is 3.25. The van der Waals surface area contributed by atoms with Crippen LogP contribution in [-0.2, 0) is 56.9 Å². The van der Waals surface area contributed by atoms with Crippen molar-refractivity contribution in [2.24, 2.45) is 0 Å². The second-order valence-electron chi connectivity index (χ2n) is 22.6. The normalized spacial score (nSPS) is 13.5. The van der Waals surface area contributed by atoms with Gasteiger partial charge in [0, 0.05) is 60.1 Å². The molecular weight excluding hydrogens is 841 g/mol. The van der Waals surface area contributed by atoms with Crippen LogP contribution >= 0.6 is 0 Å². The van der Waals surface area contributed by atoms with E-state index in [-0.39, 0.29) is 58.8 Å². The van der Waals surface area contributed by atoms with Crippen LogP contribution in [0.25, 0.3) is 12.2 Å². The summed E-state index contributed by atoms with van der Waals surface area (Å²) in [5.41, 5.74) is 10.2. The number of fused-ring (bicyclic) bond motifs is 8. The lowest BCUT2D eigenvalue weighted by Gasteiger charge is -2.28. The second-order valence-corrected chi connectivity index (χ2v) is 22.6. The number of hydrogen-bond acceptors (Lipinski definition) is 6. The van der Waals surface area contributed by atoms with Crippen LogP contribution in [0.2, 0.25) is 0 Å². The van der Waals surface area contributed by atoms with E-state index in [4.69, 9.17) is 9.47 Å². The van der Waals surface area contributed by atoms with Gasteiger partial charge in [0.1, 0.15) is 23.0 Å². The summed E-state index contributed by atoms with van der Waals surface area (Å²) >= 11 is 0. The van der Waals surface area contributed by atoms with E-state index >= 15 is 0 Å². The fourth-order valence-corrected chi connectivity index (χ4v) is 8.63. The van der Waals surface area contributed by atoms with Gasteiger partial charge in [0.2, 0.25) is 0 Å². The number of ether oxygens (including phenoxy) is 2. The smallest absolute Gasteiger partial charge is 0.336 e. The highest BCUT2D eigenvalue weighted by Gasteiger charge is 2.29. The zero-order chi connectivity index (χ0) is 49.3. The standard InChI is InChI=1S/C62H68O6/c1-59(2,3)49-31-41-27-42-32-50(60(4,5)6)34-44(56(42)66)29-46-36-52(62(10,11)12)38-48(58(46)68-54(64)26-24-40-21-17-14-18-22-40)30-47-37-51(61(7,8)9)35-45(28-43(33-49)55(41)65)57(47)67-53(63)25-23-39-19-15-13-16-20-39/h13-26,31-38,65-66H,27-30H2,1-12H3/b25-23+,26-24+. The highest BCUT2D eigenvalue weighted by atomic mass is 16.5. The van der Waals surface area contributed by atoms with Gasteiger partial charge >= 0.3 is 11.9 Å². The minimum Gasteiger partial charge on any atom is -0.507 e. The third-order valence-electron chi connectivity index (χ3n) is 12.8. The Kier molecular flexibility index (Phi) is 13.9. The van der Waals surface area contributed by atoms with Crippen LogP contribution in [0.1, 0.15) is 161 Å². The number of rotatable bonds is 6. The highest BCUT2D eigenvalue weighted by Crippen LogP contribution is 2.44. The van der Waals surface area contributed by atoms with Crippen molar-refractivity contribution in [1.29, 1.82) is 0 Å². The lowest BCUT2D eigenvalue weighted by atomic mass is 9.79. The summed E-state index contributed by atoms with van der Waals surface area (Å²) in [5.74, 6) is -0.0582. The predicted octanol–water partition coefficient (Wildman–Crippen LogP) is 14.2. The van der Waals surface area contributed by atoms with Gasteiger partial charge in [-0.05, 0) is 89.4 Å². The molecule has 352 valence electrons. The van der Waals surface area contributed by atoms with E-state index in [0.717, 1.165) is 55.6 Å². The summed E-state index contributed by atoms with van der Waals surface area (Å²) in [4.78, 5) is 28.3. The van der Waals surface area contributed by atoms with E-state index in [1.807, 2.05) is 60.7 Å². The van der Waals surface area contributed by atoms with Crippen molar-refractivity contribution in [3.63, 3.8) is 0 Å². The summed E-state index contributed by atoms with van der Waals surface area (Å²) in [6, 6.07) is 35.8. The average molecular weight is 909 g/mol. The van der Waals surface area contributed by atoms with Gasteiger partial charge in [-0.2, -0.15) is 0 Å². The molecular formula is C62H68O6. The molecule has 6 aromatic carbocycles. The zero-order valence-electron chi connectivity index (χ0n) is 42.1. The largest absolute Gasteiger partial charge is 0.507 e. The molecule has 0 spiro atoms. The van der Waals surface area contributed by atoms with Crippen molar-refractivity contribution in [3.05, 3.63) is 199 Å². The molecule has 0 saturated carbocycles. The number of carbonyl (C=O) groups is 2. The van der Waals surface area contributed by atoms with Crippen LogP contribution in [-0.4, -0.2) is 22.2 Å². The Hall–Kier alpha value is -6.66. The Morgan fingerprint density at radius 1 is 0.397 bits per heavy atom. The van der Waals surface area contributed by atoms with Gasteiger partial charge in [0.05, 0.1) is 0 Å². The fraction of sp³-hybridized carbons (Fsp3) is 0.323. The van der Waals surface area contributed by atoms with Crippen molar-refractivity contribution >= 4 is 24.1 Å². The zero-order valence-corrected chi connectivity index (χ0v) is 42.1. The van der Waals surface area contributed by atoms with Crippen molar-refractivity contribution in [1.82, 2.24) is 0 Å². The minimum atomic E-state index is -0.548. The lowest BCUT2D eigenvalue weighted by molar-refractivity contribution is -0.129. The van der Waals surface area contributed by atoms with Crippen LogP contribution in [0.15, 0.2) is 121 Å². The molecule has 6 heteroatoms. The molecule has 0 saturated heterocycles. The van der Waals surface area contributed by atoms with E-state index in [0.29, 0.717) is 33.8 Å². The number of hydrogen-bond donors (Lipinski definition) is 2. The van der Waals surface area contributed by atoms with Crippen molar-refractivity contribution in [3.8, 4) is 23.0 Å². The SMILES string of the molecule is CC(C)(C)c1cc2c(O)c(c1)Cc1cc(C(C)(C)C)cc(c1OC(=O)/C=C/c1ccccc1)Cc1cc(C(C)(C)C)cc(c1OC(=O)/C=C/c1ccccc1)Cc1cc(C(C)(C)C)cc(c1O)C2. The van der Waals surface area contributed by atoms with E-state index in [1.165, 1.54) is 12.2 Å². The summed E-state index contributed by atoms with van der Waals surface area (Å²) in [7, 11) is 0. The monoisotopic (exact) mass is 909 g/mol. The maximum Gasteiger partial charge on any atom is 0.336 e. The Morgan fingerprint density at radius 3 is 0.897 bits per heavy atom. The molecule has 6 aromatic rings. The topological polar surface area (TPSA) is 93.1 Å². The van der Waals surface area contributed by atoms with Crippen molar-refractivity contribution in [2.75, 3.05) is 0 Å². The first-order valence-corrected chi connectivity index (χ1v) is 23.8. The molecule has 0 aromatic heterocycles. The van der Waals surface area contributed by atoms with Gasteiger partial charge in [-0.15, -0.1) is 0 Å². The number of phenols is 2. The van der Waals surface area contributed by atoms with Crippen molar-refractivity contribution < 1.29 is 29.3 Å². The Balaban J connectivity index is 1.56. The van der Waals surface area contributed by atoms with Gasteiger partial charge in [0.25, 0.3) is 0 Å². The van der Waals surface area contributed by atoms with Crippen molar-refractivity contribution in [2.45, 2.75) is 130 Å². The molecule has 0 unspecified atom stereocenters. The molecule has 1 aliphatic carbocycles. The van der Waals surface area contributed by atoms with Gasteiger partial charge in [-0.3, -0.25) is 0 Å². The highest BCUT2D eigenvalue weighted by molar-refractivity contribution is 5.90. The summed E-state index contributed by atoms with van der Waals surface area (Å²) in [6.45, 7) is 25.9. The third kappa shape index (κ3) is 11.7. The second kappa shape index (κ2) is 19.1. The number of aromatic hydroxyl groups is 2. The number of benzene rings is 6. The Morgan fingerprint density at radius 2 is 0.632 bits per heavy atom. The summed E-state index contributed by atoms with van der Waals surface area (Å²) in [5, 5.41) is 24.9. The molecule has 0 atom stereocenters. The predicted molar refractivity (Wildman–Crippen MR) is 277 cm³/mol. The molecule has 2 N–H and O–H groups in total. The number of esters is 2. The van der Waals surface area contributed by atoms with Gasteiger partial charge in [-0.1, -0.05) is 192 Å². The maximum atomic E-state index is 14.1. The number of phenolic OH excluding ortho intramolecular Hbond substituents is 2. The number of carbonyl (C=O) groups excluding carboxylic acids is 2. The summed E-state index contributed by atoms with van der Waals surface area (Å²) < 4.78 is 13.1. The molecule has 0 aliphatic heterocycles. The third-order valence-corrected chi connectivity index (χ3v) is 12.8. The maximum absolute atomic E-state index is 14.1. The lowest BCUT2D eigenvalue weighted by Crippen LogP contribution is -2.18. The van der Waals surface area contributed by atoms with E-state index < -0.39 is 11.9 Å². The van der Waals surface area contributed by atoms with Crippen LogP contribution < -0.4 is 9.47 Å². The van der Waals surface area contributed by atoms with E-state index in [2.05, 4.69) is 132 Å². The summed E-state index contributed by atoms with van der Waals surface area (Å²) in [6.07, 6.45) is 7.32. The minimum absolute atomic E-state index is 0.133. The van der Waals surface area contributed by atoms with Gasteiger partial charge < -0.3 is 19.7 Å². The first kappa shape index (κ1) is 49.3.